The van der Waals surface area contributed by atoms with Gasteiger partial charge in [-0.1, -0.05) is 13.8 Å². The Bertz CT molecular complexity index is 369. The summed E-state index contributed by atoms with van der Waals surface area (Å²) in [5.74, 6) is 0.973. The highest BCUT2D eigenvalue weighted by Crippen LogP contribution is 2.38. The van der Waals surface area contributed by atoms with Crippen molar-refractivity contribution in [2.75, 3.05) is 11.9 Å². The van der Waals surface area contributed by atoms with E-state index in [0.29, 0.717) is 0 Å². The van der Waals surface area contributed by atoms with E-state index in [2.05, 4.69) is 45.1 Å². The Labute approximate surface area is 91.6 Å². The molecule has 0 fully saturated rings. The lowest BCUT2D eigenvalue weighted by Crippen LogP contribution is -2.19. The molecule has 0 radical (unpaired) electrons. The van der Waals surface area contributed by atoms with E-state index in [1.54, 1.807) is 0 Å². The summed E-state index contributed by atoms with van der Waals surface area (Å²) in [6, 6.07) is 6.31. The van der Waals surface area contributed by atoms with E-state index in [0.717, 1.165) is 12.3 Å². The molecule has 1 aliphatic heterocycles. The smallest absolute Gasteiger partial charge is 0.120 e. The van der Waals surface area contributed by atoms with Crippen molar-refractivity contribution in [3.05, 3.63) is 23.8 Å². The number of anilines is 1. The summed E-state index contributed by atoms with van der Waals surface area (Å²) in [5.41, 5.74) is 2.82. The Morgan fingerprint density at radius 3 is 2.73 bits per heavy atom. The standard InChI is InChI=1S/C13H19NO/c1-9(2)15-10-5-6-12-11(7-10)13(3,4)8-14-12/h5-7,9,14H,8H2,1-4H3. The summed E-state index contributed by atoms with van der Waals surface area (Å²) >= 11 is 0. The maximum Gasteiger partial charge on any atom is 0.120 e. The Morgan fingerprint density at radius 2 is 2.07 bits per heavy atom. The molecule has 82 valence electrons. The van der Waals surface area contributed by atoms with Gasteiger partial charge in [0, 0.05) is 17.6 Å². The predicted octanol–water partition coefficient (Wildman–Crippen LogP) is 3.18. The zero-order valence-corrected chi connectivity index (χ0v) is 9.92. The first kappa shape index (κ1) is 10.3. The highest BCUT2D eigenvalue weighted by atomic mass is 16.5. The third kappa shape index (κ3) is 1.94. The van der Waals surface area contributed by atoms with Gasteiger partial charge in [-0.3, -0.25) is 0 Å². The Morgan fingerprint density at radius 1 is 1.33 bits per heavy atom. The van der Waals surface area contributed by atoms with Crippen LogP contribution >= 0.6 is 0 Å². The molecule has 0 aromatic heterocycles. The summed E-state index contributed by atoms with van der Waals surface area (Å²) in [6.07, 6.45) is 0.237. The fourth-order valence-electron chi connectivity index (χ4n) is 1.99. The summed E-state index contributed by atoms with van der Waals surface area (Å²) in [7, 11) is 0. The lowest BCUT2D eigenvalue weighted by molar-refractivity contribution is 0.242. The quantitative estimate of drug-likeness (QED) is 0.800. The topological polar surface area (TPSA) is 21.3 Å². The SMILES string of the molecule is CC(C)Oc1ccc2c(c1)C(C)(C)CN2. The van der Waals surface area contributed by atoms with Gasteiger partial charge in [0.15, 0.2) is 0 Å². The van der Waals surface area contributed by atoms with Gasteiger partial charge in [-0.2, -0.15) is 0 Å². The van der Waals surface area contributed by atoms with Crippen LogP contribution in [0.5, 0.6) is 5.75 Å². The molecule has 0 spiro atoms. The van der Waals surface area contributed by atoms with Crippen LogP contribution in [0.15, 0.2) is 18.2 Å². The first-order valence-electron chi connectivity index (χ1n) is 5.54. The van der Waals surface area contributed by atoms with Gasteiger partial charge >= 0.3 is 0 Å². The van der Waals surface area contributed by atoms with Crippen LogP contribution < -0.4 is 10.1 Å². The second-order valence-electron chi connectivity index (χ2n) is 5.11. The first-order valence-corrected chi connectivity index (χ1v) is 5.54. The van der Waals surface area contributed by atoms with Crippen LogP contribution in [0, 0.1) is 0 Å². The molecular weight excluding hydrogens is 186 g/mol. The second-order valence-corrected chi connectivity index (χ2v) is 5.11. The van der Waals surface area contributed by atoms with Crippen LogP contribution in [0.3, 0.4) is 0 Å². The third-order valence-electron chi connectivity index (χ3n) is 2.81. The maximum absolute atomic E-state index is 5.70. The molecule has 0 bridgehead atoms. The molecule has 0 unspecified atom stereocenters. The molecule has 1 aromatic rings. The van der Waals surface area contributed by atoms with Crippen LogP contribution in [0.25, 0.3) is 0 Å². The van der Waals surface area contributed by atoms with Crippen molar-refractivity contribution in [1.82, 2.24) is 0 Å². The lowest BCUT2D eigenvalue weighted by atomic mass is 9.87. The van der Waals surface area contributed by atoms with E-state index in [9.17, 15) is 0 Å². The number of hydrogen-bond acceptors (Lipinski definition) is 2. The van der Waals surface area contributed by atoms with Gasteiger partial charge in [-0.05, 0) is 37.6 Å². The molecule has 2 nitrogen and oxygen atoms in total. The van der Waals surface area contributed by atoms with Gasteiger partial charge in [0.1, 0.15) is 5.75 Å². The molecule has 1 aliphatic rings. The van der Waals surface area contributed by atoms with E-state index in [4.69, 9.17) is 4.74 Å². The number of ether oxygens (including phenoxy) is 1. The van der Waals surface area contributed by atoms with Gasteiger partial charge in [-0.15, -0.1) is 0 Å². The number of hydrogen-bond donors (Lipinski definition) is 1. The molecule has 1 N–H and O–H groups in total. The summed E-state index contributed by atoms with van der Waals surface area (Å²) in [4.78, 5) is 0. The van der Waals surface area contributed by atoms with Gasteiger partial charge in [0.05, 0.1) is 6.10 Å². The first-order chi connectivity index (χ1) is 6.99. The van der Waals surface area contributed by atoms with Crippen LogP contribution in [0.1, 0.15) is 33.3 Å². The highest BCUT2D eigenvalue weighted by molar-refractivity contribution is 5.61. The molecule has 0 atom stereocenters. The summed E-state index contributed by atoms with van der Waals surface area (Å²) in [6.45, 7) is 9.62. The minimum Gasteiger partial charge on any atom is -0.491 e. The monoisotopic (exact) mass is 205 g/mol. The van der Waals surface area contributed by atoms with Crippen LogP contribution in [0.2, 0.25) is 0 Å². The van der Waals surface area contributed by atoms with Crippen molar-refractivity contribution in [1.29, 1.82) is 0 Å². The fraction of sp³-hybridized carbons (Fsp3) is 0.538. The molecule has 2 heteroatoms. The summed E-state index contributed by atoms with van der Waals surface area (Å²) in [5, 5.41) is 3.42. The molecule has 0 saturated heterocycles. The second kappa shape index (κ2) is 3.44. The Balaban J connectivity index is 2.33. The van der Waals surface area contributed by atoms with Crippen molar-refractivity contribution in [2.24, 2.45) is 0 Å². The molecule has 1 heterocycles. The maximum atomic E-state index is 5.70. The van der Waals surface area contributed by atoms with Gasteiger partial charge in [0.25, 0.3) is 0 Å². The average molecular weight is 205 g/mol. The average Bonchev–Trinajstić information content (AvgIpc) is 2.42. The Hall–Kier alpha value is -1.18. The van der Waals surface area contributed by atoms with E-state index in [-0.39, 0.29) is 11.5 Å². The van der Waals surface area contributed by atoms with Crippen molar-refractivity contribution in [3.63, 3.8) is 0 Å². The van der Waals surface area contributed by atoms with Crippen LogP contribution in [0.4, 0.5) is 5.69 Å². The van der Waals surface area contributed by atoms with E-state index in [1.165, 1.54) is 11.3 Å². The number of nitrogens with one attached hydrogen (secondary N) is 1. The van der Waals surface area contributed by atoms with Crippen molar-refractivity contribution in [2.45, 2.75) is 39.2 Å². The lowest BCUT2D eigenvalue weighted by Gasteiger charge is -2.18. The number of rotatable bonds is 2. The molecular formula is C13H19NO. The zero-order valence-electron chi connectivity index (χ0n) is 9.92. The largest absolute Gasteiger partial charge is 0.491 e. The van der Waals surface area contributed by atoms with Gasteiger partial charge in [0.2, 0.25) is 0 Å². The Kier molecular flexibility index (Phi) is 2.37. The van der Waals surface area contributed by atoms with E-state index >= 15 is 0 Å². The molecule has 0 saturated carbocycles. The molecule has 2 rings (SSSR count). The number of benzene rings is 1. The van der Waals surface area contributed by atoms with Crippen LogP contribution in [-0.4, -0.2) is 12.6 Å². The highest BCUT2D eigenvalue weighted by Gasteiger charge is 2.29. The minimum absolute atomic E-state index is 0.214. The minimum atomic E-state index is 0.214. The van der Waals surface area contributed by atoms with Crippen molar-refractivity contribution >= 4 is 5.69 Å². The zero-order chi connectivity index (χ0) is 11.1. The summed E-state index contributed by atoms with van der Waals surface area (Å²) < 4.78 is 5.70. The predicted molar refractivity (Wildman–Crippen MR) is 63.7 cm³/mol. The fourth-order valence-corrected chi connectivity index (χ4v) is 1.99. The van der Waals surface area contributed by atoms with Crippen LogP contribution in [-0.2, 0) is 5.41 Å². The molecule has 1 aromatic carbocycles. The van der Waals surface area contributed by atoms with E-state index < -0.39 is 0 Å². The van der Waals surface area contributed by atoms with E-state index in [1.807, 2.05) is 6.07 Å². The molecule has 0 amide bonds. The van der Waals surface area contributed by atoms with Crippen molar-refractivity contribution in [3.8, 4) is 5.75 Å². The van der Waals surface area contributed by atoms with Gasteiger partial charge in [-0.25, -0.2) is 0 Å². The number of fused-ring (bicyclic) bond motifs is 1. The van der Waals surface area contributed by atoms with Crippen molar-refractivity contribution < 1.29 is 4.74 Å². The molecule has 15 heavy (non-hydrogen) atoms. The third-order valence-corrected chi connectivity index (χ3v) is 2.81. The normalized spacial score (nSPS) is 17.4. The van der Waals surface area contributed by atoms with Gasteiger partial charge < -0.3 is 10.1 Å². The molecule has 0 aliphatic carbocycles.